The van der Waals surface area contributed by atoms with E-state index in [9.17, 15) is 0 Å². The molecule has 0 amide bonds. The fourth-order valence-corrected chi connectivity index (χ4v) is 4.68. The summed E-state index contributed by atoms with van der Waals surface area (Å²) in [5, 5.41) is 0. The predicted octanol–water partition coefficient (Wildman–Crippen LogP) is 7.22. The smallest absolute Gasteiger partial charge is 0.118 e. The van der Waals surface area contributed by atoms with Crippen molar-refractivity contribution in [2.45, 2.75) is 115 Å². The van der Waals surface area contributed by atoms with E-state index in [1.807, 2.05) is 0 Å². The zero-order valence-electron chi connectivity index (χ0n) is 14.5. The van der Waals surface area contributed by atoms with Crippen molar-refractivity contribution in [3.05, 3.63) is 12.1 Å². The zero-order valence-corrected chi connectivity index (χ0v) is 14.5. The van der Waals surface area contributed by atoms with Gasteiger partial charge in [-0.1, -0.05) is 108 Å². The molecule has 0 aromatic heterocycles. The molecule has 1 heteroatoms. The minimum Gasteiger partial charge on any atom is -0.118 e. The highest BCUT2D eigenvalue weighted by molar-refractivity contribution is 6.67. The lowest BCUT2D eigenvalue weighted by Gasteiger charge is -2.34. The van der Waals surface area contributed by atoms with Crippen LogP contribution in [0.15, 0.2) is 12.1 Å². The van der Waals surface area contributed by atoms with Gasteiger partial charge in [0.15, 0.2) is 6.71 Å². The fourth-order valence-electron chi connectivity index (χ4n) is 4.68. The van der Waals surface area contributed by atoms with Gasteiger partial charge in [-0.15, -0.1) is 5.98 Å². The molecule has 2 aliphatic rings. The topological polar surface area (TPSA) is 0 Å². The number of hydrogen-bond acceptors (Lipinski definition) is 0. The molecule has 21 heavy (non-hydrogen) atoms. The Balaban J connectivity index is 1.83. The summed E-state index contributed by atoms with van der Waals surface area (Å²) in [5.74, 6) is 4.72. The summed E-state index contributed by atoms with van der Waals surface area (Å²) in [5.41, 5.74) is 0. The van der Waals surface area contributed by atoms with Crippen LogP contribution >= 0.6 is 0 Å². The van der Waals surface area contributed by atoms with Gasteiger partial charge in [-0.2, -0.15) is 0 Å². The minimum atomic E-state index is 0.928. The van der Waals surface area contributed by atoms with Crippen LogP contribution in [0.3, 0.4) is 0 Å². The van der Waals surface area contributed by atoms with E-state index in [0.29, 0.717) is 0 Å². The lowest BCUT2D eigenvalue weighted by atomic mass is 9.30. The molecule has 0 aliphatic heterocycles. The molecule has 0 saturated heterocycles. The van der Waals surface area contributed by atoms with Crippen LogP contribution in [0.2, 0.25) is 11.6 Å². The van der Waals surface area contributed by atoms with Crippen molar-refractivity contribution in [3.63, 3.8) is 0 Å². The molecule has 0 radical (unpaired) electrons. The van der Waals surface area contributed by atoms with Crippen LogP contribution in [0.1, 0.15) is 103 Å². The van der Waals surface area contributed by atoms with E-state index in [-0.39, 0.29) is 0 Å². The fraction of sp³-hybridized carbons (Fsp3) is 0.900. The van der Waals surface area contributed by atoms with E-state index in [1.54, 1.807) is 0 Å². The Kier molecular flexibility index (Phi) is 8.60. The summed E-state index contributed by atoms with van der Waals surface area (Å²) in [6.45, 7) is 3.23. The lowest BCUT2D eigenvalue weighted by molar-refractivity contribution is 0.464. The standard InChI is InChI=1S/C20H37B/c1-2-3-4-5-6-13-18-21(19-14-9-7-10-15-19)20-16-11-8-12-17-20/h13,18-20H,2-12,14-17H2,1H3/b18-13+. The third-order valence-electron chi connectivity index (χ3n) is 5.97. The SMILES string of the molecule is CCCCCC/C=C/B(C1CCCCC1)C1CCCCC1. The average molecular weight is 288 g/mol. The first-order valence-electron chi connectivity index (χ1n) is 10.1. The Morgan fingerprint density at radius 3 is 1.86 bits per heavy atom. The molecule has 0 spiro atoms. The second kappa shape index (κ2) is 10.5. The van der Waals surface area contributed by atoms with Crippen molar-refractivity contribution in [2.75, 3.05) is 0 Å². The predicted molar refractivity (Wildman–Crippen MR) is 97.3 cm³/mol. The number of allylic oxidation sites excluding steroid dienone is 1. The molecule has 2 rings (SSSR count). The van der Waals surface area contributed by atoms with E-state index < -0.39 is 0 Å². The van der Waals surface area contributed by atoms with Gasteiger partial charge in [0.2, 0.25) is 0 Å². The van der Waals surface area contributed by atoms with Gasteiger partial charge < -0.3 is 0 Å². The Labute approximate surface area is 134 Å². The Morgan fingerprint density at radius 1 is 0.762 bits per heavy atom. The molecule has 2 aliphatic carbocycles. The van der Waals surface area contributed by atoms with Crippen molar-refractivity contribution in [3.8, 4) is 0 Å². The number of hydrogen-bond donors (Lipinski definition) is 0. The van der Waals surface area contributed by atoms with Crippen molar-refractivity contribution >= 4 is 6.71 Å². The maximum atomic E-state index is 2.68. The second-order valence-electron chi connectivity index (χ2n) is 7.65. The monoisotopic (exact) mass is 288 g/mol. The molecule has 0 bridgehead atoms. The molecule has 0 aromatic rings. The molecular formula is C20H37B. The van der Waals surface area contributed by atoms with Crippen LogP contribution in [0.25, 0.3) is 0 Å². The maximum absolute atomic E-state index is 2.68. The maximum Gasteiger partial charge on any atom is 0.172 e. The normalized spacial score (nSPS) is 22.0. The molecule has 120 valence electrons. The third-order valence-corrected chi connectivity index (χ3v) is 5.97. The molecule has 0 heterocycles. The van der Waals surface area contributed by atoms with E-state index in [1.165, 1.54) is 96.3 Å². The van der Waals surface area contributed by atoms with Crippen molar-refractivity contribution in [2.24, 2.45) is 0 Å². The number of unbranched alkanes of at least 4 members (excludes halogenated alkanes) is 4. The average Bonchev–Trinajstić information content (AvgIpc) is 2.56. The highest BCUT2D eigenvalue weighted by Gasteiger charge is 2.32. The van der Waals surface area contributed by atoms with Crippen LogP contribution in [-0.4, -0.2) is 6.71 Å². The molecule has 0 atom stereocenters. The zero-order chi connectivity index (χ0) is 14.8. The first-order chi connectivity index (χ1) is 10.4. The van der Waals surface area contributed by atoms with Gasteiger partial charge in [0, 0.05) is 0 Å². The molecule has 2 saturated carbocycles. The molecule has 2 fully saturated rings. The van der Waals surface area contributed by atoms with E-state index in [2.05, 4.69) is 19.0 Å². The third kappa shape index (κ3) is 6.21. The molecule has 0 nitrogen and oxygen atoms in total. The highest BCUT2D eigenvalue weighted by atomic mass is 14.2. The van der Waals surface area contributed by atoms with Gasteiger partial charge in [0.05, 0.1) is 0 Å². The van der Waals surface area contributed by atoms with Crippen LogP contribution in [0.4, 0.5) is 0 Å². The summed E-state index contributed by atoms with van der Waals surface area (Å²) in [6.07, 6.45) is 24.5. The largest absolute Gasteiger partial charge is 0.172 e. The van der Waals surface area contributed by atoms with Gasteiger partial charge in [0.1, 0.15) is 0 Å². The van der Waals surface area contributed by atoms with Crippen LogP contribution in [0.5, 0.6) is 0 Å². The van der Waals surface area contributed by atoms with Crippen molar-refractivity contribution < 1.29 is 0 Å². The van der Waals surface area contributed by atoms with E-state index >= 15 is 0 Å². The van der Waals surface area contributed by atoms with Gasteiger partial charge >= 0.3 is 0 Å². The first kappa shape index (κ1) is 17.2. The minimum absolute atomic E-state index is 0.928. The van der Waals surface area contributed by atoms with Gasteiger partial charge in [0.25, 0.3) is 0 Å². The van der Waals surface area contributed by atoms with Gasteiger partial charge in [-0.25, -0.2) is 0 Å². The van der Waals surface area contributed by atoms with Gasteiger partial charge in [-0.05, 0) is 12.8 Å². The number of rotatable bonds is 8. The Bertz CT molecular complexity index is 254. The van der Waals surface area contributed by atoms with Crippen LogP contribution in [-0.2, 0) is 0 Å². The molecule has 0 unspecified atom stereocenters. The quantitative estimate of drug-likeness (QED) is 0.327. The summed E-state index contributed by atoms with van der Waals surface area (Å²) < 4.78 is 0. The highest BCUT2D eigenvalue weighted by Crippen LogP contribution is 2.41. The summed E-state index contributed by atoms with van der Waals surface area (Å²) in [4.78, 5) is 0. The molecule has 0 N–H and O–H groups in total. The van der Waals surface area contributed by atoms with Crippen molar-refractivity contribution in [1.29, 1.82) is 0 Å². The Morgan fingerprint density at radius 2 is 1.33 bits per heavy atom. The second-order valence-corrected chi connectivity index (χ2v) is 7.65. The van der Waals surface area contributed by atoms with E-state index in [0.717, 1.165) is 18.3 Å². The summed E-state index contributed by atoms with van der Waals surface area (Å²) in [6, 6.07) is 0. The van der Waals surface area contributed by atoms with Crippen LogP contribution in [0, 0.1) is 0 Å². The summed E-state index contributed by atoms with van der Waals surface area (Å²) >= 11 is 0. The first-order valence-corrected chi connectivity index (χ1v) is 10.1. The van der Waals surface area contributed by atoms with E-state index in [4.69, 9.17) is 0 Å². The Hall–Kier alpha value is -0.195. The summed E-state index contributed by atoms with van der Waals surface area (Å²) in [7, 11) is 0. The van der Waals surface area contributed by atoms with Gasteiger partial charge in [-0.3, -0.25) is 0 Å². The van der Waals surface area contributed by atoms with Crippen LogP contribution < -0.4 is 0 Å². The molecule has 0 aromatic carbocycles. The molecular weight excluding hydrogens is 251 g/mol. The lowest BCUT2D eigenvalue weighted by Crippen LogP contribution is -2.28. The van der Waals surface area contributed by atoms with Crippen molar-refractivity contribution in [1.82, 2.24) is 0 Å².